The van der Waals surface area contributed by atoms with E-state index >= 15 is 0 Å². The van der Waals surface area contributed by atoms with Crippen LogP contribution in [0.3, 0.4) is 0 Å². The molecule has 1 atom stereocenters. The smallest absolute Gasteiger partial charge is 0.00924 e. The van der Waals surface area contributed by atoms with Crippen LogP contribution >= 0.6 is 0 Å². The molecule has 1 unspecified atom stereocenters. The lowest BCUT2D eigenvalue weighted by Crippen LogP contribution is -2.36. The van der Waals surface area contributed by atoms with Crippen molar-refractivity contribution in [3.63, 3.8) is 0 Å². The number of hydrogen-bond acceptors (Lipinski definition) is 2. The zero-order valence-electron chi connectivity index (χ0n) is 13.0. The van der Waals surface area contributed by atoms with Crippen molar-refractivity contribution in [3.8, 4) is 0 Å². The van der Waals surface area contributed by atoms with Crippen LogP contribution in [0.25, 0.3) is 0 Å². The van der Waals surface area contributed by atoms with Gasteiger partial charge >= 0.3 is 0 Å². The lowest BCUT2D eigenvalue weighted by Gasteiger charge is -2.34. The third kappa shape index (κ3) is 5.71. The van der Waals surface area contributed by atoms with Crippen LogP contribution < -0.4 is 5.73 Å². The largest absolute Gasteiger partial charge is 0.330 e. The van der Waals surface area contributed by atoms with E-state index in [2.05, 4.69) is 32.7 Å². The Labute approximate surface area is 114 Å². The predicted molar refractivity (Wildman–Crippen MR) is 80.7 cm³/mol. The van der Waals surface area contributed by atoms with Crippen molar-refractivity contribution in [2.24, 2.45) is 23.5 Å². The lowest BCUT2D eigenvalue weighted by atomic mass is 9.86. The van der Waals surface area contributed by atoms with E-state index in [1.807, 2.05) is 0 Å². The fourth-order valence-electron chi connectivity index (χ4n) is 3.25. The molecule has 1 aliphatic carbocycles. The number of nitrogens with zero attached hydrogens (tertiary/aromatic N) is 1. The summed E-state index contributed by atoms with van der Waals surface area (Å²) in [5.74, 6) is 2.45. The van der Waals surface area contributed by atoms with Gasteiger partial charge in [-0.1, -0.05) is 20.8 Å². The van der Waals surface area contributed by atoms with E-state index in [1.54, 1.807) is 0 Å². The first kappa shape index (κ1) is 16.0. The van der Waals surface area contributed by atoms with Gasteiger partial charge in [0.2, 0.25) is 0 Å². The number of hydrogen-bond donors (Lipinski definition) is 1. The maximum atomic E-state index is 5.89. The molecule has 108 valence electrons. The van der Waals surface area contributed by atoms with Gasteiger partial charge in [0.15, 0.2) is 0 Å². The fraction of sp³-hybridized carbons (Fsp3) is 1.00. The molecule has 0 heterocycles. The summed E-state index contributed by atoms with van der Waals surface area (Å²) >= 11 is 0. The summed E-state index contributed by atoms with van der Waals surface area (Å²) in [6.45, 7) is 9.08. The predicted octanol–water partition coefficient (Wildman–Crippen LogP) is 3.51. The first-order valence-electron chi connectivity index (χ1n) is 7.93. The average molecular weight is 254 g/mol. The van der Waals surface area contributed by atoms with Crippen LogP contribution in [0.5, 0.6) is 0 Å². The highest BCUT2D eigenvalue weighted by molar-refractivity contribution is 4.77. The van der Waals surface area contributed by atoms with Gasteiger partial charge in [-0.05, 0) is 76.4 Å². The minimum atomic E-state index is 0.718. The van der Waals surface area contributed by atoms with Crippen LogP contribution in [0.15, 0.2) is 0 Å². The Balaban J connectivity index is 2.24. The summed E-state index contributed by atoms with van der Waals surface area (Å²) in [5, 5.41) is 0. The molecule has 0 saturated heterocycles. The highest BCUT2D eigenvalue weighted by Crippen LogP contribution is 2.27. The van der Waals surface area contributed by atoms with Gasteiger partial charge in [-0.2, -0.15) is 0 Å². The van der Waals surface area contributed by atoms with Crippen molar-refractivity contribution in [3.05, 3.63) is 0 Å². The van der Waals surface area contributed by atoms with E-state index < -0.39 is 0 Å². The molecule has 0 amide bonds. The van der Waals surface area contributed by atoms with Crippen molar-refractivity contribution in [1.29, 1.82) is 0 Å². The second-order valence-electron chi connectivity index (χ2n) is 6.91. The van der Waals surface area contributed by atoms with Crippen molar-refractivity contribution < 1.29 is 0 Å². The first-order valence-corrected chi connectivity index (χ1v) is 7.93. The highest BCUT2D eigenvalue weighted by atomic mass is 15.1. The van der Waals surface area contributed by atoms with Crippen LogP contribution in [-0.4, -0.2) is 31.1 Å². The van der Waals surface area contributed by atoms with Gasteiger partial charge in [0, 0.05) is 6.04 Å². The van der Waals surface area contributed by atoms with E-state index in [0.717, 1.165) is 30.3 Å². The monoisotopic (exact) mass is 254 g/mol. The van der Waals surface area contributed by atoms with E-state index in [1.165, 1.54) is 45.1 Å². The third-order valence-electron chi connectivity index (χ3n) is 4.64. The molecule has 1 fully saturated rings. The van der Waals surface area contributed by atoms with Crippen LogP contribution in [0.1, 0.15) is 59.3 Å². The average Bonchev–Trinajstić information content (AvgIpc) is 2.34. The van der Waals surface area contributed by atoms with Crippen LogP contribution in [-0.2, 0) is 0 Å². The van der Waals surface area contributed by atoms with Gasteiger partial charge < -0.3 is 10.6 Å². The summed E-state index contributed by atoms with van der Waals surface area (Å²) in [6, 6.07) is 0.832. The summed E-state index contributed by atoms with van der Waals surface area (Å²) in [6.07, 6.45) is 8.19. The van der Waals surface area contributed by atoms with Crippen LogP contribution in [0.4, 0.5) is 0 Å². The highest BCUT2D eigenvalue weighted by Gasteiger charge is 2.22. The van der Waals surface area contributed by atoms with Crippen LogP contribution in [0, 0.1) is 17.8 Å². The molecule has 0 aliphatic heterocycles. The zero-order chi connectivity index (χ0) is 13.5. The van der Waals surface area contributed by atoms with Gasteiger partial charge in [0.1, 0.15) is 0 Å². The minimum Gasteiger partial charge on any atom is -0.330 e. The molecule has 2 heteroatoms. The normalized spacial score (nSPS) is 26.8. The number of nitrogens with two attached hydrogens (primary N) is 1. The Hall–Kier alpha value is -0.0800. The molecule has 0 aromatic heterocycles. The van der Waals surface area contributed by atoms with Crippen molar-refractivity contribution in [2.45, 2.75) is 65.3 Å². The Morgan fingerprint density at radius 3 is 2.28 bits per heavy atom. The maximum Gasteiger partial charge on any atom is 0.00924 e. The lowest BCUT2D eigenvalue weighted by molar-refractivity contribution is 0.159. The maximum absolute atomic E-state index is 5.89. The van der Waals surface area contributed by atoms with Gasteiger partial charge in [0.05, 0.1) is 0 Å². The van der Waals surface area contributed by atoms with Gasteiger partial charge in [-0.25, -0.2) is 0 Å². The molecular formula is C16H34N2. The molecule has 0 radical (unpaired) electrons. The van der Waals surface area contributed by atoms with E-state index in [-0.39, 0.29) is 0 Å². The standard InChI is InChI=1S/C16H34N2/c1-13(2)11-15(12-17)9-10-18(4)16-7-5-14(3)6-8-16/h13-16H,5-12,17H2,1-4H3. The fourth-order valence-corrected chi connectivity index (χ4v) is 3.25. The molecule has 2 N–H and O–H groups in total. The summed E-state index contributed by atoms with van der Waals surface area (Å²) in [4.78, 5) is 2.59. The summed E-state index contributed by atoms with van der Waals surface area (Å²) < 4.78 is 0. The molecule has 0 spiro atoms. The molecule has 0 aromatic carbocycles. The molecule has 0 bridgehead atoms. The first-order chi connectivity index (χ1) is 8.52. The molecule has 2 nitrogen and oxygen atoms in total. The SMILES string of the molecule is CC(C)CC(CN)CCN(C)C1CCC(C)CC1. The topological polar surface area (TPSA) is 29.3 Å². The molecule has 18 heavy (non-hydrogen) atoms. The molecule has 1 saturated carbocycles. The van der Waals surface area contributed by atoms with Crippen LogP contribution in [0.2, 0.25) is 0 Å². The van der Waals surface area contributed by atoms with Gasteiger partial charge in [-0.3, -0.25) is 0 Å². The second-order valence-corrected chi connectivity index (χ2v) is 6.91. The van der Waals surface area contributed by atoms with Gasteiger partial charge in [-0.15, -0.1) is 0 Å². The quantitative estimate of drug-likeness (QED) is 0.753. The van der Waals surface area contributed by atoms with Gasteiger partial charge in [0.25, 0.3) is 0 Å². The van der Waals surface area contributed by atoms with Crippen molar-refractivity contribution >= 4 is 0 Å². The summed E-state index contributed by atoms with van der Waals surface area (Å²) in [7, 11) is 2.31. The van der Waals surface area contributed by atoms with Crippen molar-refractivity contribution in [1.82, 2.24) is 4.90 Å². The molecular weight excluding hydrogens is 220 g/mol. The Kier molecular flexibility index (Phi) is 7.25. The molecule has 0 aromatic rings. The van der Waals surface area contributed by atoms with E-state index in [4.69, 9.17) is 5.73 Å². The molecule has 1 rings (SSSR count). The zero-order valence-corrected chi connectivity index (χ0v) is 13.0. The van der Waals surface area contributed by atoms with E-state index in [9.17, 15) is 0 Å². The second kappa shape index (κ2) is 8.16. The number of rotatable bonds is 7. The molecule has 1 aliphatic rings. The third-order valence-corrected chi connectivity index (χ3v) is 4.64. The Bertz CT molecular complexity index is 207. The summed E-state index contributed by atoms with van der Waals surface area (Å²) in [5.41, 5.74) is 5.89. The Morgan fingerprint density at radius 1 is 1.17 bits per heavy atom. The van der Waals surface area contributed by atoms with E-state index in [0.29, 0.717) is 0 Å². The van der Waals surface area contributed by atoms with Crippen molar-refractivity contribution in [2.75, 3.05) is 20.1 Å². The Morgan fingerprint density at radius 2 is 1.78 bits per heavy atom. The minimum absolute atomic E-state index is 0.718.